The summed E-state index contributed by atoms with van der Waals surface area (Å²) in [5.41, 5.74) is 2.30. The van der Waals surface area contributed by atoms with E-state index in [4.69, 9.17) is 4.42 Å². The van der Waals surface area contributed by atoms with Crippen molar-refractivity contribution in [3.05, 3.63) is 41.8 Å². The van der Waals surface area contributed by atoms with E-state index in [2.05, 4.69) is 41.5 Å². The minimum absolute atomic E-state index is 0.716. The fourth-order valence-electron chi connectivity index (χ4n) is 2.01. The van der Waals surface area contributed by atoms with Gasteiger partial charge >= 0.3 is 0 Å². The number of rotatable bonds is 3. The molecule has 0 aliphatic carbocycles. The van der Waals surface area contributed by atoms with Crippen LogP contribution in [-0.2, 0) is 6.42 Å². The second kappa shape index (κ2) is 4.34. The summed E-state index contributed by atoms with van der Waals surface area (Å²) in [6.45, 7) is 4.27. The Morgan fingerprint density at radius 3 is 2.71 bits per heavy atom. The number of hydrogen-bond acceptors (Lipinski definition) is 3. The smallest absolute Gasteiger partial charge is 0.226 e. The first-order valence-corrected chi connectivity index (χ1v) is 6.04. The van der Waals surface area contributed by atoms with Crippen molar-refractivity contribution in [1.29, 1.82) is 0 Å². The summed E-state index contributed by atoms with van der Waals surface area (Å²) in [5, 5.41) is 3.26. The van der Waals surface area contributed by atoms with Crippen LogP contribution in [0.4, 0.5) is 0 Å². The summed E-state index contributed by atoms with van der Waals surface area (Å²) in [5.74, 6) is 2.44. The molecule has 1 aromatic carbocycles. The predicted molar refractivity (Wildman–Crippen MR) is 66.7 cm³/mol. The predicted octanol–water partition coefficient (Wildman–Crippen LogP) is 2.41. The Kier molecular flexibility index (Phi) is 2.69. The number of oxazole rings is 1. The monoisotopic (exact) mass is 228 g/mol. The van der Waals surface area contributed by atoms with Crippen LogP contribution in [0.5, 0.6) is 0 Å². The molecule has 1 fully saturated rings. The van der Waals surface area contributed by atoms with E-state index in [1.54, 1.807) is 0 Å². The lowest BCUT2D eigenvalue weighted by Gasteiger charge is -2.25. The maximum Gasteiger partial charge on any atom is 0.226 e. The summed E-state index contributed by atoms with van der Waals surface area (Å²) in [6, 6.07) is 8.26. The number of aromatic nitrogens is 1. The van der Waals surface area contributed by atoms with Crippen LogP contribution in [0.2, 0.25) is 0 Å². The Labute approximate surface area is 101 Å². The molecule has 2 heterocycles. The minimum Gasteiger partial charge on any atom is -0.441 e. The fraction of sp³-hybridized carbons (Fsp3) is 0.357. The standard InChI is InChI=1S/C14H16N2O/c1-10-2-4-12(5-3-10)14-16-9-13(17-14)6-11-7-15-8-11/h2-5,9,11,15H,6-8H2,1H3. The zero-order chi connectivity index (χ0) is 11.7. The van der Waals surface area contributed by atoms with Gasteiger partial charge in [0.2, 0.25) is 5.89 Å². The second-order valence-electron chi connectivity index (χ2n) is 4.73. The topological polar surface area (TPSA) is 38.1 Å². The van der Waals surface area contributed by atoms with Crippen LogP contribution in [0, 0.1) is 12.8 Å². The van der Waals surface area contributed by atoms with Gasteiger partial charge in [0.1, 0.15) is 5.76 Å². The van der Waals surface area contributed by atoms with Crippen LogP contribution in [0.15, 0.2) is 34.9 Å². The van der Waals surface area contributed by atoms with Crippen molar-refractivity contribution < 1.29 is 4.42 Å². The number of nitrogens with one attached hydrogen (secondary N) is 1. The molecule has 17 heavy (non-hydrogen) atoms. The maximum atomic E-state index is 5.78. The zero-order valence-electron chi connectivity index (χ0n) is 9.94. The van der Waals surface area contributed by atoms with Gasteiger partial charge in [-0.3, -0.25) is 0 Å². The molecule has 2 aromatic rings. The lowest BCUT2D eigenvalue weighted by Crippen LogP contribution is -2.42. The Morgan fingerprint density at radius 1 is 1.29 bits per heavy atom. The molecule has 1 saturated heterocycles. The van der Waals surface area contributed by atoms with Crippen molar-refractivity contribution >= 4 is 0 Å². The van der Waals surface area contributed by atoms with Crippen molar-refractivity contribution in [2.24, 2.45) is 5.92 Å². The van der Waals surface area contributed by atoms with Gasteiger partial charge < -0.3 is 9.73 Å². The largest absolute Gasteiger partial charge is 0.441 e. The zero-order valence-corrected chi connectivity index (χ0v) is 9.94. The van der Waals surface area contributed by atoms with Gasteiger partial charge in [-0.1, -0.05) is 17.7 Å². The first-order chi connectivity index (χ1) is 8.31. The lowest BCUT2D eigenvalue weighted by atomic mass is 9.98. The SMILES string of the molecule is Cc1ccc(-c2ncc(CC3CNC3)o2)cc1. The molecule has 0 spiro atoms. The van der Waals surface area contributed by atoms with Crippen molar-refractivity contribution in [1.82, 2.24) is 10.3 Å². The van der Waals surface area contributed by atoms with Crippen LogP contribution < -0.4 is 5.32 Å². The molecule has 1 aliphatic rings. The van der Waals surface area contributed by atoms with E-state index in [0.29, 0.717) is 5.92 Å². The molecular formula is C14H16N2O. The van der Waals surface area contributed by atoms with Crippen LogP contribution in [0.25, 0.3) is 11.5 Å². The van der Waals surface area contributed by atoms with Crippen molar-refractivity contribution in [2.75, 3.05) is 13.1 Å². The highest BCUT2D eigenvalue weighted by molar-refractivity contribution is 5.53. The normalized spacial score (nSPS) is 15.8. The summed E-state index contributed by atoms with van der Waals surface area (Å²) >= 11 is 0. The molecule has 88 valence electrons. The van der Waals surface area contributed by atoms with Gasteiger partial charge in [-0.2, -0.15) is 0 Å². The van der Waals surface area contributed by atoms with Crippen molar-refractivity contribution in [3.8, 4) is 11.5 Å². The van der Waals surface area contributed by atoms with Gasteiger partial charge in [0.05, 0.1) is 6.20 Å². The molecule has 0 radical (unpaired) electrons. The summed E-state index contributed by atoms with van der Waals surface area (Å²) in [7, 11) is 0. The van der Waals surface area contributed by atoms with E-state index >= 15 is 0 Å². The average Bonchev–Trinajstić information content (AvgIpc) is 2.73. The molecule has 1 aliphatic heterocycles. The van der Waals surface area contributed by atoms with Gasteiger partial charge in [-0.05, 0) is 38.1 Å². The molecule has 3 nitrogen and oxygen atoms in total. The Hall–Kier alpha value is -1.61. The molecular weight excluding hydrogens is 212 g/mol. The minimum atomic E-state index is 0.716. The Morgan fingerprint density at radius 2 is 2.06 bits per heavy atom. The number of aryl methyl sites for hydroxylation is 1. The van der Waals surface area contributed by atoms with Crippen LogP contribution in [0.3, 0.4) is 0 Å². The molecule has 0 amide bonds. The molecule has 0 bridgehead atoms. The summed E-state index contributed by atoms with van der Waals surface area (Å²) < 4.78 is 5.78. The third kappa shape index (κ3) is 2.24. The van der Waals surface area contributed by atoms with E-state index < -0.39 is 0 Å². The Balaban J connectivity index is 1.76. The highest BCUT2D eigenvalue weighted by atomic mass is 16.4. The molecule has 1 aromatic heterocycles. The lowest BCUT2D eigenvalue weighted by molar-refractivity contribution is 0.324. The van der Waals surface area contributed by atoms with Crippen LogP contribution >= 0.6 is 0 Å². The van der Waals surface area contributed by atoms with E-state index in [1.807, 2.05) is 6.20 Å². The third-order valence-corrected chi connectivity index (χ3v) is 3.21. The quantitative estimate of drug-likeness (QED) is 0.876. The van der Waals surface area contributed by atoms with Gasteiger partial charge in [0.15, 0.2) is 0 Å². The molecule has 1 N–H and O–H groups in total. The molecule has 0 atom stereocenters. The number of nitrogens with zero attached hydrogens (tertiary/aromatic N) is 1. The molecule has 0 unspecified atom stereocenters. The maximum absolute atomic E-state index is 5.78. The van der Waals surface area contributed by atoms with Crippen LogP contribution in [0.1, 0.15) is 11.3 Å². The van der Waals surface area contributed by atoms with Gasteiger partial charge in [0, 0.05) is 12.0 Å². The first-order valence-electron chi connectivity index (χ1n) is 6.04. The van der Waals surface area contributed by atoms with Crippen molar-refractivity contribution in [2.45, 2.75) is 13.3 Å². The van der Waals surface area contributed by atoms with E-state index in [9.17, 15) is 0 Å². The summed E-state index contributed by atoms with van der Waals surface area (Å²) in [6.07, 6.45) is 2.85. The van der Waals surface area contributed by atoms with E-state index in [1.165, 1.54) is 5.56 Å². The van der Waals surface area contributed by atoms with E-state index in [-0.39, 0.29) is 0 Å². The number of hydrogen-bond donors (Lipinski definition) is 1. The van der Waals surface area contributed by atoms with Crippen molar-refractivity contribution in [3.63, 3.8) is 0 Å². The highest BCUT2D eigenvalue weighted by Crippen LogP contribution is 2.21. The van der Waals surface area contributed by atoms with Gasteiger partial charge in [-0.15, -0.1) is 0 Å². The third-order valence-electron chi connectivity index (χ3n) is 3.21. The van der Waals surface area contributed by atoms with Gasteiger partial charge in [-0.25, -0.2) is 4.98 Å². The Bertz CT molecular complexity index is 497. The number of benzene rings is 1. The highest BCUT2D eigenvalue weighted by Gasteiger charge is 2.19. The molecule has 0 saturated carbocycles. The van der Waals surface area contributed by atoms with E-state index in [0.717, 1.165) is 36.7 Å². The van der Waals surface area contributed by atoms with Crippen LogP contribution in [-0.4, -0.2) is 18.1 Å². The van der Waals surface area contributed by atoms with Gasteiger partial charge in [0.25, 0.3) is 0 Å². The second-order valence-corrected chi connectivity index (χ2v) is 4.73. The molecule has 3 heteroatoms. The first kappa shape index (κ1) is 10.5. The fourth-order valence-corrected chi connectivity index (χ4v) is 2.01. The summed E-state index contributed by atoms with van der Waals surface area (Å²) in [4.78, 5) is 4.34. The molecule has 3 rings (SSSR count). The average molecular weight is 228 g/mol.